The summed E-state index contributed by atoms with van der Waals surface area (Å²) in [6, 6.07) is 0. The van der Waals surface area contributed by atoms with Crippen molar-refractivity contribution >= 4 is 11.3 Å². The third-order valence-corrected chi connectivity index (χ3v) is 4.35. The normalized spacial score (nSPS) is 11.7. The molecule has 1 rings (SSSR count). The second kappa shape index (κ2) is 9.42. The smallest absolute Gasteiger partial charge is 0.0798 e. The predicted octanol–water partition coefficient (Wildman–Crippen LogP) is 1.81. The van der Waals surface area contributed by atoms with Crippen LogP contribution in [0.1, 0.15) is 24.4 Å². The minimum atomic E-state index is 1.01. The molecule has 110 valence electrons. The molecule has 0 aliphatic heterocycles. The van der Waals surface area contributed by atoms with E-state index in [-0.39, 0.29) is 0 Å². The number of hydrogen-bond donors (Lipinski definition) is 1. The molecule has 0 bridgehead atoms. The highest BCUT2D eigenvalue weighted by molar-refractivity contribution is 7.09. The van der Waals surface area contributed by atoms with E-state index in [0.29, 0.717) is 0 Å². The maximum absolute atomic E-state index is 4.29. The van der Waals surface area contributed by atoms with Gasteiger partial charge in [0, 0.05) is 37.6 Å². The second-order valence-electron chi connectivity index (χ2n) is 4.88. The highest BCUT2D eigenvalue weighted by atomic mass is 32.1. The first-order valence-corrected chi connectivity index (χ1v) is 8.05. The number of thiazole rings is 1. The van der Waals surface area contributed by atoms with Gasteiger partial charge in [-0.05, 0) is 27.1 Å². The van der Waals surface area contributed by atoms with E-state index in [4.69, 9.17) is 0 Å². The highest BCUT2D eigenvalue weighted by Gasteiger charge is 2.05. The van der Waals surface area contributed by atoms with E-state index in [0.717, 1.165) is 45.8 Å². The number of nitrogens with one attached hydrogen (secondary N) is 1. The van der Waals surface area contributed by atoms with E-state index in [1.165, 1.54) is 10.6 Å². The molecule has 0 fully saturated rings. The van der Waals surface area contributed by atoms with E-state index in [1.807, 2.05) is 5.51 Å². The average Bonchev–Trinajstić information content (AvgIpc) is 2.79. The van der Waals surface area contributed by atoms with Gasteiger partial charge in [0.2, 0.25) is 0 Å². The average molecular weight is 284 g/mol. The van der Waals surface area contributed by atoms with Gasteiger partial charge in [-0.1, -0.05) is 13.8 Å². The molecule has 4 nitrogen and oxygen atoms in total. The van der Waals surface area contributed by atoms with Gasteiger partial charge in [0.15, 0.2) is 0 Å². The molecule has 0 aliphatic carbocycles. The molecular weight excluding hydrogens is 256 g/mol. The summed E-state index contributed by atoms with van der Waals surface area (Å²) in [5.74, 6) is 0. The summed E-state index contributed by atoms with van der Waals surface area (Å²) < 4.78 is 0. The molecule has 1 aromatic rings. The van der Waals surface area contributed by atoms with Crippen LogP contribution in [-0.2, 0) is 6.54 Å². The summed E-state index contributed by atoms with van der Waals surface area (Å²) in [7, 11) is 2.17. The first kappa shape index (κ1) is 16.6. The highest BCUT2D eigenvalue weighted by Crippen LogP contribution is 2.13. The van der Waals surface area contributed by atoms with Crippen molar-refractivity contribution in [2.24, 2.45) is 0 Å². The van der Waals surface area contributed by atoms with Crippen molar-refractivity contribution in [1.29, 1.82) is 0 Å². The number of rotatable bonds is 10. The fraction of sp³-hybridized carbons (Fsp3) is 0.786. The van der Waals surface area contributed by atoms with E-state index >= 15 is 0 Å². The Bertz CT molecular complexity index is 336. The van der Waals surface area contributed by atoms with E-state index in [1.54, 1.807) is 11.3 Å². The molecule has 0 unspecified atom stereocenters. The molecule has 5 heteroatoms. The lowest BCUT2D eigenvalue weighted by atomic mass is 10.3. The molecule has 1 aromatic heterocycles. The molecule has 0 saturated heterocycles. The van der Waals surface area contributed by atoms with Crippen LogP contribution in [0.25, 0.3) is 0 Å². The first-order chi connectivity index (χ1) is 9.17. The van der Waals surface area contributed by atoms with E-state index in [9.17, 15) is 0 Å². The minimum absolute atomic E-state index is 1.01. The Labute approximate surface area is 121 Å². The van der Waals surface area contributed by atoms with Gasteiger partial charge in [0.05, 0.1) is 11.2 Å². The van der Waals surface area contributed by atoms with Crippen molar-refractivity contribution in [2.75, 3.05) is 46.3 Å². The second-order valence-corrected chi connectivity index (χ2v) is 5.81. The summed E-state index contributed by atoms with van der Waals surface area (Å²) >= 11 is 1.75. The van der Waals surface area contributed by atoms with Crippen molar-refractivity contribution in [1.82, 2.24) is 20.1 Å². The van der Waals surface area contributed by atoms with Gasteiger partial charge in [0.25, 0.3) is 0 Å². The third kappa shape index (κ3) is 6.47. The minimum Gasteiger partial charge on any atom is -0.314 e. The zero-order valence-corrected chi connectivity index (χ0v) is 13.6. The Hall–Kier alpha value is -0.490. The lowest BCUT2D eigenvalue weighted by molar-refractivity contribution is 0.291. The first-order valence-electron chi connectivity index (χ1n) is 7.17. The zero-order valence-electron chi connectivity index (χ0n) is 12.8. The van der Waals surface area contributed by atoms with Crippen molar-refractivity contribution in [3.8, 4) is 0 Å². The van der Waals surface area contributed by atoms with Crippen LogP contribution in [-0.4, -0.2) is 61.1 Å². The van der Waals surface area contributed by atoms with Gasteiger partial charge < -0.3 is 10.2 Å². The van der Waals surface area contributed by atoms with Crippen LogP contribution in [0.15, 0.2) is 5.51 Å². The lowest BCUT2D eigenvalue weighted by Crippen LogP contribution is -2.35. The lowest BCUT2D eigenvalue weighted by Gasteiger charge is -2.19. The number of likely N-dealkylation sites (N-methyl/N-ethyl adjacent to an activating group) is 2. The van der Waals surface area contributed by atoms with Crippen LogP contribution < -0.4 is 5.32 Å². The van der Waals surface area contributed by atoms with Gasteiger partial charge in [-0.25, -0.2) is 4.98 Å². The SMILES string of the molecule is CCN(CC)CCNCCN(C)Cc1scnc1C. The molecule has 19 heavy (non-hydrogen) atoms. The van der Waals surface area contributed by atoms with Crippen molar-refractivity contribution in [3.05, 3.63) is 16.1 Å². The summed E-state index contributed by atoms with van der Waals surface area (Å²) in [4.78, 5) is 10.5. The maximum Gasteiger partial charge on any atom is 0.0798 e. The van der Waals surface area contributed by atoms with Gasteiger partial charge in [-0.2, -0.15) is 0 Å². The van der Waals surface area contributed by atoms with Gasteiger partial charge in [-0.3, -0.25) is 4.90 Å². The van der Waals surface area contributed by atoms with Crippen LogP contribution in [0.2, 0.25) is 0 Å². The molecule has 0 radical (unpaired) electrons. The Morgan fingerprint density at radius 3 is 2.47 bits per heavy atom. The predicted molar refractivity (Wildman–Crippen MR) is 83.8 cm³/mol. The number of aryl methyl sites for hydroxylation is 1. The van der Waals surface area contributed by atoms with E-state index < -0.39 is 0 Å². The van der Waals surface area contributed by atoms with Crippen LogP contribution in [0.3, 0.4) is 0 Å². The standard InChI is InChI=1S/C14H28N4S/c1-5-18(6-2)10-8-15-7-9-17(4)11-14-13(3)16-12-19-14/h12,15H,5-11H2,1-4H3. The molecular formula is C14H28N4S. The largest absolute Gasteiger partial charge is 0.314 e. The zero-order chi connectivity index (χ0) is 14.1. The van der Waals surface area contributed by atoms with Gasteiger partial charge in [-0.15, -0.1) is 11.3 Å². The monoisotopic (exact) mass is 284 g/mol. The van der Waals surface area contributed by atoms with Crippen LogP contribution in [0.4, 0.5) is 0 Å². The summed E-state index contributed by atoms with van der Waals surface area (Å²) in [5, 5.41) is 3.51. The maximum atomic E-state index is 4.29. The van der Waals surface area contributed by atoms with Crippen LogP contribution in [0, 0.1) is 6.92 Å². The molecule has 0 spiro atoms. The van der Waals surface area contributed by atoms with Crippen molar-refractivity contribution in [2.45, 2.75) is 27.3 Å². The fourth-order valence-corrected chi connectivity index (χ4v) is 2.83. The Morgan fingerprint density at radius 2 is 1.89 bits per heavy atom. The molecule has 0 saturated carbocycles. The number of aromatic nitrogens is 1. The summed E-state index contributed by atoms with van der Waals surface area (Å²) in [6.45, 7) is 14.2. The van der Waals surface area contributed by atoms with E-state index in [2.05, 4.69) is 47.9 Å². The quantitative estimate of drug-likeness (QED) is 0.664. The van der Waals surface area contributed by atoms with Gasteiger partial charge >= 0.3 is 0 Å². The van der Waals surface area contributed by atoms with Crippen LogP contribution in [0.5, 0.6) is 0 Å². The molecule has 1 heterocycles. The molecule has 0 amide bonds. The third-order valence-electron chi connectivity index (χ3n) is 3.43. The summed E-state index contributed by atoms with van der Waals surface area (Å²) in [5.41, 5.74) is 3.10. The number of hydrogen-bond acceptors (Lipinski definition) is 5. The molecule has 1 N–H and O–H groups in total. The van der Waals surface area contributed by atoms with Gasteiger partial charge in [0.1, 0.15) is 0 Å². The Balaban J connectivity index is 2.07. The molecule has 0 aliphatic rings. The Kier molecular flexibility index (Phi) is 8.21. The Morgan fingerprint density at radius 1 is 1.21 bits per heavy atom. The topological polar surface area (TPSA) is 31.4 Å². The number of nitrogens with zero attached hydrogens (tertiary/aromatic N) is 3. The summed E-state index contributed by atoms with van der Waals surface area (Å²) in [6.07, 6.45) is 0. The van der Waals surface area contributed by atoms with Crippen molar-refractivity contribution in [3.63, 3.8) is 0 Å². The molecule has 0 atom stereocenters. The fourth-order valence-electron chi connectivity index (χ4n) is 1.97. The van der Waals surface area contributed by atoms with Crippen molar-refractivity contribution < 1.29 is 0 Å². The van der Waals surface area contributed by atoms with Crippen LogP contribution >= 0.6 is 11.3 Å². The molecule has 0 aromatic carbocycles.